The van der Waals surface area contributed by atoms with Crippen molar-refractivity contribution in [3.63, 3.8) is 0 Å². The van der Waals surface area contributed by atoms with Crippen LogP contribution >= 0.6 is 0 Å². The van der Waals surface area contributed by atoms with Gasteiger partial charge in [0, 0.05) is 37.5 Å². The zero-order chi connectivity index (χ0) is 19.9. The van der Waals surface area contributed by atoms with Gasteiger partial charge in [0.1, 0.15) is 18.0 Å². The van der Waals surface area contributed by atoms with Crippen molar-refractivity contribution in [1.82, 2.24) is 9.97 Å². The molecule has 0 aliphatic rings. The number of hydrogen-bond donors (Lipinski definition) is 1. The maximum absolute atomic E-state index is 5.40. The molecule has 1 aromatic heterocycles. The van der Waals surface area contributed by atoms with Crippen LogP contribution in [0.3, 0.4) is 0 Å². The van der Waals surface area contributed by atoms with Crippen molar-refractivity contribution < 1.29 is 14.2 Å². The van der Waals surface area contributed by atoms with E-state index in [-0.39, 0.29) is 0 Å². The molecule has 0 saturated carbocycles. The maximum Gasteiger partial charge on any atom is 0.203 e. The number of anilines is 3. The molecule has 0 bridgehead atoms. The molecule has 3 aromatic rings. The van der Waals surface area contributed by atoms with E-state index >= 15 is 0 Å². The van der Waals surface area contributed by atoms with Crippen molar-refractivity contribution in [2.45, 2.75) is 6.54 Å². The Hall–Kier alpha value is -3.48. The van der Waals surface area contributed by atoms with E-state index in [9.17, 15) is 0 Å². The Morgan fingerprint density at radius 3 is 2.18 bits per heavy atom. The Balaban J connectivity index is 1.81. The molecule has 0 aliphatic heterocycles. The largest absolute Gasteiger partial charge is 0.493 e. The molecule has 1 heterocycles. The van der Waals surface area contributed by atoms with Crippen molar-refractivity contribution in [3.8, 4) is 17.2 Å². The van der Waals surface area contributed by atoms with Gasteiger partial charge in [0.05, 0.1) is 21.3 Å². The van der Waals surface area contributed by atoms with E-state index in [4.69, 9.17) is 14.2 Å². The number of benzene rings is 2. The molecular weight excluding hydrogens is 356 g/mol. The summed E-state index contributed by atoms with van der Waals surface area (Å²) < 4.78 is 16.2. The molecule has 0 atom stereocenters. The lowest BCUT2D eigenvalue weighted by Gasteiger charge is -2.19. The Morgan fingerprint density at radius 1 is 0.893 bits per heavy atom. The SMILES string of the molecule is COc1cc(Nc2cc(N(C)Cc3ccccc3)ncn2)cc(OC)c1OC. The van der Waals surface area contributed by atoms with Gasteiger partial charge in [-0.15, -0.1) is 0 Å². The molecule has 0 unspecified atom stereocenters. The van der Waals surface area contributed by atoms with Crippen molar-refractivity contribution >= 4 is 17.3 Å². The van der Waals surface area contributed by atoms with Crippen molar-refractivity contribution in [1.29, 1.82) is 0 Å². The summed E-state index contributed by atoms with van der Waals surface area (Å²) in [5.74, 6) is 3.16. The van der Waals surface area contributed by atoms with Crippen LogP contribution in [0.15, 0.2) is 54.9 Å². The first-order valence-corrected chi connectivity index (χ1v) is 8.78. The highest BCUT2D eigenvalue weighted by atomic mass is 16.5. The van der Waals surface area contributed by atoms with Gasteiger partial charge in [0.15, 0.2) is 11.5 Å². The first-order valence-electron chi connectivity index (χ1n) is 8.78. The van der Waals surface area contributed by atoms with Crippen LogP contribution < -0.4 is 24.4 Å². The van der Waals surface area contributed by atoms with E-state index in [0.29, 0.717) is 23.1 Å². The van der Waals surface area contributed by atoms with E-state index < -0.39 is 0 Å². The second-order valence-electron chi connectivity index (χ2n) is 6.14. The summed E-state index contributed by atoms with van der Waals surface area (Å²) in [7, 11) is 6.75. The number of nitrogens with one attached hydrogen (secondary N) is 1. The zero-order valence-corrected chi connectivity index (χ0v) is 16.5. The Kier molecular flexibility index (Phi) is 6.16. The number of hydrogen-bond acceptors (Lipinski definition) is 7. The summed E-state index contributed by atoms with van der Waals surface area (Å²) in [5, 5.41) is 3.27. The van der Waals surface area contributed by atoms with Crippen LogP contribution in [-0.2, 0) is 6.54 Å². The van der Waals surface area contributed by atoms with Gasteiger partial charge in [-0.25, -0.2) is 9.97 Å². The first-order chi connectivity index (χ1) is 13.6. The molecule has 7 nitrogen and oxygen atoms in total. The predicted octanol–water partition coefficient (Wildman–Crippen LogP) is 3.88. The van der Waals surface area contributed by atoms with Gasteiger partial charge in [-0.2, -0.15) is 0 Å². The van der Waals surface area contributed by atoms with E-state index in [2.05, 4.69) is 32.3 Å². The quantitative estimate of drug-likeness (QED) is 0.636. The number of rotatable bonds is 8. The maximum atomic E-state index is 5.40. The summed E-state index contributed by atoms with van der Waals surface area (Å²) >= 11 is 0. The lowest BCUT2D eigenvalue weighted by molar-refractivity contribution is 0.324. The average Bonchev–Trinajstić information content (AvgIpc) is 2.73. The Labute approximate surface area is 164 Å². The van der Waals surface area contributed by atoms with Gasteiger partial charge in [0.25, 0.3) is 0 Å². The van der Waals surface area contributed by atoms with Crippen LogP contribution in [0.4, 0.5) is 17.3 Å². The van der Waals surface area contributed by atoms with Crippen molar-refractivity contribution in [3.05, 3.63) is 60.4 Å². The molecule has 2 aromatic carbocycles. The molecule has 1 N–H and O–H groups in total. The predicted molar refractivity (Wildman–Crippen MR) is 110 cm³/mol. The molecule has 7 heteroatoms. The zero-order valence-electron chi connectivity index (χ0n) is 16.5. The molecule has 3 rings (SSSR count). The van der Waals surface area contributed by atoms with E-state index in [1.54, 1.807) is 21.3 Å². The number of ether oxygens (including phenoxy) is 3. The molecule has 28 heavy (non-hydrogen) atoms. The highest BCUT2D eigenvalue weighted by Gasteiger charge is 2.14. The summed E-state index contributed by atoms with van der Waals surface area (Å²) in [6.07, 6.45) is 1.54. The molecule has 0 fully saturated rings. The second kappa shape index (κ2) is 8.94. The molecule has 0 aliphatic carbocycles. The molecule has 0 radical (unpaired) electrons. The third kappa shape index (κ3) is 4.43. The normalized spacial score (nSPS) is 10.3. The van der Waals surface area contributed by atoms with Gasteiger partial charge in [0.2, 0.25) is 5.75 Å². The lowest BCUT2D eigenvalue weighted by Crippen LogP contribution is -2.17. The summed E-state index contributed by atoms with van der Waals surface area (Å²) in [6, 6.07) is 15.8. The Morgan fingerprint density at radius 2 is 1.57 bits per heavy atom. The molecule has 146 valence electrons. The highest BCUT2D eigenvalue weighted by Crippen LogP contribution is 2.40. The molecule has 0 spiro atoms. The molecular formula is C21H24N4O3. The standard InChI is InChI=1S/C21H24N4O3/c1-25(13-15-8-6-5-7-9-15)20-12-19(22-14-23-20)24-16-10-17(26-2)21(28-4)18(11-16)27-3/h5-12,14H,13H2,1-4H3,(H,22,23,24). The minimum Gasteiger partial charge on any atom is -0.493 e. The third-order valence-electron chi connectivity index (χ3n) is 4.24. The minimum absolute atomic E-state index is 0.543. The lowest BCUT2D eigenvalue weighted by atomic mass is 10.2. The van der Waals surface area contributed by atoms with Crippen LogP contribution in [0.5, 0.6) is 17.2 Å². The number of methoxy groups -OCH3 is 3. The summed E-state index contributed by atoms with van der Waals surface area (Å²) in [6.45, 7) is 0.751. The summed E-state index contributed by atoms with van der Waals surface area (Å²) in [4.78, 5) is 10.8. The summed E-state index contributed by atoms with van der Waals surface area (Å²) in [5.41, 5.74) is 1.98. The number of nitrogens with zero attached hydrogens (tertiary/aromatic N) is 3. The van der Waals surface area contributed by atoms with Crippen LogP contribution in [0.25, 0.3) is 0 Å². The third-order valence-corrected chi connectivity index (χ3v) is 4.24. The van der Waals surface area contributed by atoms with Gasteiger partial charge in [-0.05, 0) is 5.56 Å². The molecule has 0 saturated heterocycles. The second-order valence-corrected chi connectivity index (χ2v) is 6.14. The van der Waals surface area contributed by atoms with Gasteiger partial charge in [-0.3, -0.25) is 0 Å². The van der Waals surface area contributed by atoms with Crippen LogP contribution in [0.2, 0.25) is 0 Å². The Bertz CT molecular complexity index is 894. The van der Waals surface area contributed by atoms with Gasteiger partial charge < -0.3 is 24.4 Å². The van der Waals surface area contributed by atoms with E-state index in [1.807, 2.05) is 43.4 Å². The van der Waals surface area contributed by atoms with Crippen LogP contribution in [0.1, 0.15) is 5.56 Å². The van der Waals surface area contributed by atoms with E-state index in [1.165, 1.54) is 11.9 Å². The molecule has 0 amide bonds. The fourth-order valence-electron chi connectivity index (χ4n) is 2.86. The fraction of sp³-hybridized carbons (Fsp3) is 0.238. The van der Waals surface area contributed by atoms with Crippen LogP contribution in [-0.4, -0.2) is 38.3 Å². The topological polar surface area (TPSA) is 68.7 Å². The number of aromatic nitrogens is 2. The van der Waals surface area contributed by atoms with Crippen molar-refractivity contribution in [2.75, 3.05) is 38.6 Å². The first kappa shape index (κ1) is 19.3. The van der Waals surface area contributed by atoms with Gasteiger partial charge >= 0.3 is 0 Å². The smallest absolute Gasteiger partial charge is 0.203 e. The fourth-order valence-corrected chi connectivity index (χ4v) is 2.86. The van der Waals surface area contributed by atoms with Crippen molar-refractivity contribution in [2.24, 2.45) is 0 Å². The average molecular weight is 380 g/mol. The van der Waals surface area contributed by atoms with Gasteiger partial charge in [-0.1, -0.05) is 30.3 Å². The van der Waals surface area contributed by atoms with Crippen LogP contribution in [0, 0.1) is 0 Å². The van der Waals surface area contributed by atoms with E-state index in [0.717, 1.165) is 18.1 Å². The monoisotopic (exact) mass is 380 g/mol. The highest BCUT2D eigenvalue weighted by molar-refractivity contribution is 5.67. The minimum atomic E-state index is 0.543.